The van der Waals surface area contributed by atoms with Crippen LogP contribution in [-0.4, -0.2) is 24.4 Å². The summed E-state index contributed by atoms with van der Waals surface area (Å²) in [5.74, 6) is -1.40. The first-order valence-corrected chi connectivity index (χ1v) is 11.4. The lowest BCUT2D eigenvalue weighted by atomic mass is 10.0. The molecule has 3 aromatic carbocycles. The van der Waals surface area contributed by atoms with E-state index in [-0.39, 0.29) is 5.57 Å². The van der Waals surface area contributed by atoms with Crippen LogP contribution in [0.4, 0.5) is 16.2 Å². The average molecular weight is 492 g/mol. The molecule has 8 heteroatoms. The van der Waals surface area contributed by atoms with Gasteiger partial charge in [0.05, 0.1) is 5.69 Å². The molecule has 5 rings (SSSR count). The lowest BCUT2D eigenvalue weighted by molar-refractivity contribution is -0.122. The summed E-state index contributed by atoms with van der Waals surface area (Å²) in [7, 11) is 0. The van der Waals surface area contributed by atoms with Gasteiger partial charge in [-0.25, -0.2) is 9.69 Å². The SMILES string of the molecule is O=C1NC(=O)N(c2ccc(Cl)cc2)C(=O)/C1=C/c1ccc2c(c1)CCN2Cc1ccccc1Cl. The third kappa shape index (κ3) is 4.18. The molecule has 0 aromatic heterocycles. The summed E-state index contributed by atoms with van der Waals surface area (Å²) in [6, 6.07) is 19.1. The summed E-state index contributed by atoms with van der Waals surface area (Å²) in [6.45, 7) is 1.55. The first kappa shape index (κ1) is 22.2. The predicted octanol–water partition coefficient (Wildman–Crippen LogP) is 5.22. The van der Waals surface area contributed by atoms with Crippen LogP contribution in [0.15, 0.2) is 72.3 Å². The number of amides is 4. The topological polar surface area (TPSA) is 69.7 Å². The number of carbonyl (C=O) groups excluding carboxylic acids is 3. The Hall–Kier alpha value is -3.61. The van der Waals surface area contributed by atoms with Gasteiger partial charge in [-0.1, -0.05) is 47.5 Å². The molecule has 4 amide bonds. The Morgan fingerprint density at radius 3 is 2.47 bits per heavy atom. The molecule has 0 spiro atoms. The molecular formula is C26H19Cl2N3O3. The number of hydrogen-bond donors (Lipinski definition) is 1. The van der Waals surface area contributed by atoms with Crippen molar-refractivity contribution in [2.24, 2.45) is 0 Å². The van der Waals surface area contributed by atoms with Gasteiger partial charge in [0.25, 0.3) is 11.8 Å². The number of halogens is 2. The number of carbonyl (C=O) groups is 3. The van der Waals surface area contributed by atoms with Crippen LogP contribution in [0, 0.1) is 0 Å². The Morgan fingerprint density at radius 2 is 1.71 bits per heavy atom. The summed E-state index contributed by atoms with van der Waals surface area (Å²) in [5, 5.41) is 3.45. The summed E-state index contributed by atoms with van der Waals surface area (Å²) in [5.41, 5.74) is 4.20. The molecule has 0 saturated carbocycles. The zero-order valence-corrected chi connectivity index (χ0v) is 19.4. The van der Waals surface area contributed by atoms with Crippen LogP contribution in [0.1, 0.15) is 16.7 Å². The van der Waals surface area contributed by atoms with E-state index in [4.69, 9.17) is 23.2 Å². The Morgan fingerprint density at radius 1 is 0.941 bits per heavy atom. The standard InChI is InChI=1S/C26H19Cl2N3O3/c27-19-6-8-20(9-7-19)31-25(33)21(24(32)29-26(31)34)14-16-5-10-23-17(13-16)11-12-30(23)15-18-3-1-2-4-22(18)28/h1-10,13-14H,11-12,15H2,(H,29,32,34)/b21-14+. The molecular weight excluding hydrogens is 473 g/mol. The van der Waals surface area contributed by atoms with Crippen LogP contribution < -0.4 is 15.1 Å². The summed E-state index contributed by atoms with van der Waals surface area (Å²) in [6.07, 6.45) is 2.36. The molecule has 2 aliphatic rings. The molecule has 0 unspecified atom stereocenters. The maximum atomic E-state index is 13.1. The number of anilines is 2. The second-order valence-electron chi connectivity index (χ2n) is 8.09. The summed E-state index contributed by atoms with van der Waals surface area (Å²) in [4.78, 5) is 41.1. The number of benzene rings is 3. The van der Waals surface area contributed by atoms with Gasteiger partial charge in [0.1, 0.15) is 5.57 Å². The van der Waals surface area contributed by atoms with Crippen molar-refractivity contribution in [2.45, 2.75) is 13.0 Å². The van der Waals surface area contributed by atoms with E-state index in [9.17, 15) is 14.4 Å². The molecule has 6 nitrogen and oxygen atoms in total. The van der Waals surface area contributed by atoms with Crippen molar-refractivity contribution in [3.8, 4) is 0 Å². The van der Waals surface area contributed by atoms with E-state index in [2.05, 4.69) is 10.2 Å². The molecule has 0 atom stereocenters. The quantitative estimate of drug-likeness (QED) is 0.401. The van der Waals surface area contributed by atoms with Crippen molar-refractivity contribution < 1.29 is 14.4 Å². The fourth-order valence-corrected chi connectivity index (χ4v) is 4.55. The lowest BCUT2D eigenvalue weighted by Crippen LogP contribution is -2.54. The average Bonchev–Trinajstić information content (AvgIpc) is 3.21. The van der Waals surface area contributed by atoms with Crippen molar-refractivity contribution in [3.05, 3.63) is 99.0 Å². The number of hydrogen-bond acceptors (Lipinski definition) is 4. The molecule has 0 radical (unpaired) electrons. The van der Waals surface area contributed by atoms with E-state index in [1.54, 1.807) is 24.3 Å². The molecule has 0 aliphatic carbocycles. The van der Waals surface area contributed by atoms with Gasteiger partial charge < -0.3 is 4.90 Å². The number of rotatable bonds is 4. The Balaban J connectivity index is 1.41. The first-order chi connectivity index (χ1) is 16.4. The van der Waals surface area contributed by atoms with E-state index < -0.39 is 17.8 Å². The van der Waals surface area contributed by atoms with E-state index >= 15 is 0 Å². The van der Waals surface area contributed by atoms with E-state index in [1.807, 2.05) is 42.5 Å². The van der Waals surface area contributed by atoms with Gasteiger partial charge in [-0.2, -0.15) is 0 Å². The minimum absolute atomic E-state index is 0.111. The maximum absolute atomic E-state index is 13.1. The minimum Gasteiger partial charge on any atom is -0.367 e. The highest BCUT2D eigenvalue weighted by Gasteiger charge is 2.36. The number of nitrogens with one attached hydrogen (secondary N) is 1. The molecule has 1 N–H and O–H groups in total. The van der Waals surface area contributed by atoms with Crippen molar-refractivity contribution >= 4 is 58.5 Å². The zero-order chi connectivity index (χ0) is 23.8. The van der Waals surface area contributed by atoms with Crippen LogP contribution in [0.5, 0.6) is 0 Å². The van der Waals surface area contributed by atoms with Gasteiger partial charge in [-0.3, -0.25) is 14.9 Å². The first-order valence-electron chi connectivity index (χ1n) is 10.7. The normalized spacial score (nSPS) is 16.8. The number of imide groups is 2. The lowest BCUT2D eigenvalue weighted by Gasteiger charge is -2.26. The largest absolute Gasteiger partial charge is 0.367 e. The van der Waals surface area contributed by atoms with Crippen LogP contribution >= 0.6 is 23.2 Å². The number of nitrogens with zero attached hydrogens (tertiary/aromatic N) is 2. The second kappa shape index (κ2) is 8.97. The van der Waals surface area contributed by atoms with Crippen LogP contribution in [0.25, 0.3) is 6.08 Å². The monoisotopic (exact) mass is 491 g/mol. The third-order valence-electron chi connectivity index (χ3n) is 5.91. The molecule has 0 bridgehead atoms. The van der Waals surface area contributed by atoms with Crippen molar-refractivity contribution in [1.29, 1.82) is 0 Å². The smallest absolute Gasteiger partial charge is 0.335 e. The third-order valence-corrected chi connectivity index (χ3v) is 6.53. The molecule has 1 fully saturated rings. The molecule has 2 heterocycles. The van der Waals surface area contributed by atoms with Crippen LogP contribution in [0.2, 0.25) is 10.0 Å². The highest BCUT2D eigenvalue weighted by atomic mass is 35.5. The predicted molar refractivity (Wildman–Crippen MR) is 133 cm³/mol. The molecule has 170 valence electrons. The van der Waals surface area contributed by atoms with Gasteiger partial charge in [-0.05, 0) is 71.7 Å². The zero-order valence-electron chi connectivity index (χ0n) is 17.9. The van der Waals surface area contributed by atoms with E-state index in [0.717, 1.165) is 39.7 Å². The highest BCUT2D eigenvalue weighted by Crippen LogP contribution is 2.32. The van der Waals surface area contributed by atoms with Gasteiger partial charge in [0.2, 0.25) is 0 Å². The minimum atomic E-state index is -0.793. The number of fused-ring (bicyclic) bond motifs is 1. The number of urea groups is 1. The Kier molecular flexibility index (Phi) is 5.86. The number of barbiturate groups is 1. The maximum Gasteiger partial charge on any atom is 0.335 e. The van der Waals surface area contributed by atoms with E-state index in [0.29, 0.717) is 22.8 Å². The van der Waals surface area contributed by atoms with E-state index in [1.165, 1.54) is 6.08 Å². The van der Waals surface area contributed by atoms with Crippen molar-refractivity contribution in [3.63, 3.8) is 0 Å². The van der Waals surface area contributed by atoms with Crippen molar-refractivity contribution in [1.82, 2.24) is 5.32 Å². The fraction of sp³-hybridized carbons (Fsp3) is 0.115. The van der Waals surface area contributed by atoms with Gasteiger partial charge in [0, 0.05) is 28.8 Å². The van der Waals surface area contributed by atoms with Gasteiger partial charge >= 0.3 is 6.03 Å². The summed E-state index contributed by atoms with van der Waals surface area (Å²) >= 11 is 12.2. The van der Waals surface area contributed by atoms with Gasteiger partial charge in [0.15, 0.2) is 0 Å². The molecule has 2 aliphatic heterocycles. The molecule has 1 saturated heterocycles. The highest BCUT2D eigenvalue weighted by molar-refractivity contribution is 6.39. The fourth-order valence-electron chi connectivity index (χ4n) is 4.23. The van der Waals surface area contributed by atoms with Crippen LogP contribution in [0.3, 0.4) is 0 Å². The van der Waals surface area contributed by atoms with Gasteiger partial charge in [-0.15, -0.1) is 0 Å². The Bertz CT molecular complexity index is 1350. The van der Waals surface area contributed by atoms with Crippen LogP contribution in [-0.2, 0) is 22.6 Å². The van der Waals surface area contributed by atoms with Crippen molar-refractivity contribution in [2.75, 3.05) is 16.3 Å². The molecule has 34 heavy (non-hydrogen) atoms. The molecule has 3 aromatic rings. The Labute approximate surface area is 206 Å². The summed E-state index contributed by atoms with van der Waals surface area (Å²) < 4.78 is 0. The second-order valence-corrected chi connectivity index (χ2v) is 8.93.